The Hall–Kier alpha value is -0.740. The van der Waals surface area contributed by atoms with Crippen molar-refractivity contribution in [1.82, 2.24) is 4.98 Å². The van der Waals surface area contributed by atoms with Gasteiger partial charge in [-0.2, -0.15) is 0 Å². The van der Waals surface area contributed by atoms with Gasteiger partial charge in [0.15, 0.2) is 0 Å². The Morgan fingerprint density at radius 3 is 3.25 bits per heavy atom. The second kappa shape index (κ2) is 3.78. The Labute approximate surface area is 80.4 Å². The number of nitrogens with zero attached hydrogens (tertiary/aromatic N) is 1. The number of nitrogens with one attached hydrogen (secondary N) is 1. The van der Waals surface area contributed by atoms with Gasteiger partial charge in [-0.15, -0.1) is 12.4 Å². The zero-order valence-corrected chi connectivity index (χ0v) is 7.74. The van der Waals surface area contributed by atoms with Crippen LogP contribution in [0.5, 0.6) is 0 Å². The van der Waals surface area contributed by atoms with Crippen LogP contribution in [0.15, 0.2) is 23.4 Å². The maximum absolute atomic E-state index is 10.9. The molecule has 0 spiro atoms. The minimum absolute atomic E-state index is 0. The third-order valence-electron chi connectivity index (χ3n) is 1.39. The number of hydrogen-bond acceptors (Lipinski definition) is 3. The molecule has 0 saturated carbocycles. The van der Waals surface area contributed by atoms with Crippen molar-refractivity contribution in [2.45, 2.75) is 5.03 Å². The fraction of sp³-hybridized carbons (Fsp3) is 0.143. The monoisotopic (exact) mass is 202 g/mol. The summed E-state index contributed by atoms with van der Waals surface area (Å²) in [7, 11) is 0. The smallest absolute Gasteiger partial charge is 0.234 e. The van der Waals surface area contributed by atoms with Gasteiger partial charge in [-0.25, -0.2) is 4.98 Å². The molecule has 3 nitrogen and oxygen atoms in total. The van der Waals surface area contributed by atoms with Crippen LogP contribution in [0, 0.1) is 0 Å². The lowest BCUT2D eigenvalue weighted by Crippen LogP contribution is -2.18. The van der Waals surface area contributed by atoms with Crippen LogP contribution < -0.4 is 5.32 Å². The second-order valence-corrected chi connectivity index (χ2v) is 3.16. The first-order chi connectivity index (χ1) is 5.36. The third-order valence-corrected chi connectivity index (χ3v) is 2.39. The van der Waals surface area contributed by atoms with E-state index in [-0.39, 0.29) is 18.3 Å². The van der Waals surface area contributed by atoms with Crippen LogP contribution in [0.4, 0.5) is 5.69 Å². The van der Waals surface area contributed by atoms with E-state index in [1.54, 1.807) is 6.20 Å². The number of halogens is 1. The van der Waals surface area contributed by atoms with E-state index in [4.69, 9.17) is 0 Å². The van der Waals surface area contributed by atoms with E-state index in [1.165, 1.54) is 11.8 Å². The lowest BCUT2D eigenvalue weighted by atomic mass is 10.4. The highest BCUT2D eigenvalue weighted by Gasteiger charge is 2.14. The molecule has 1 amide bonds. The van der Waals surface area contributed by atoms with E-state index < -0.39 is 0 Å². The second-order valence-electron chi connectivity index (χ2n) is 2.19. The standard InChI is InChI=1S/C7H6N2OS.ClH/c10-6-4-11-7-5(9-6)2-1-3-8-7;/h1-3H,4H2,(H,9,10);1H. The molecule has 0 bridgehead atoms. The molecule has 1 N–H and O–H groups in total. The molecule has 1 aromatic rings. The van der Waals surface area contributed by atoms with Crippen LogP contribution in [0.1, 0.15) is 0 Å². The normalized spacial score (nSPS) is 14.2. The number of pyridine rings is 1. The Bertz CT molecular complexity index is 305. The van der Waals surface area contributed by atoms with Crippen molar-refractivity contribution in [2.24, 2.45) is 0 Å². The van der Waals surface area contributed by atoms with E-state index >= 15 is 0 Å². The summed E-state index contributed by atoms with van der Waals surface area (Å²) >= 11 is 1.47. The molecular formula is C7H7ClN2OS. The lowest BCUT2D eigenvalue weighted by Gasteiger charge is -2.13. The molecule has 0 atom stereocenters. The topological polar surface area (TPSA) is 42.0 Å². The minimum Gasteiger partial charge on any atom is -0.323 e. The summed E-state index contributed by atoms with van der Waals surface area (Å²) in [4.78, 5) is 15.0. The van der Waals surface area contributed by atoms with Gasteiger partial charge in [-0.3, -0.25) is 4.79 Å². The Morgan fingerprint density at radius 2 is 2.42 bits per heavy atom. The number of thioether (sulfide) groups is 1. The molecule has 1 aliphatic rings. The fourth-order valence-corrected chi connectivity index (χ4v) is 1.67. The van der Waals surface area contributed by atoms with E-state index in [9.17, 15) is 4.79 Å². The molecule has 0 radical (unpaired) electrons. The van der Waals surface area contributed by atoms with Gasteiger partial charge in [0, 0.05) is 6.20 Å². The Balaban J connectivity index is 0.000000720. The molecule has 0 aliphatic carbocycles. The van der Waals surface area contributed by atoms with Crippen molar-refractivity contribution >= 4 is 35.8 Å². The molecule has 2 rings (SSSR count). The van der Waals surface area contributed by atoms with Crippen LogP contribution in [0.25, 0.3) is 0 Å². The zero-order chi connectivity index (χ0) is 7.68. The highest BCUT2D eigenvalue weighted by Crippen LogP contribution is 2.27. The van der Waals surface area contributed by atoms with E-state index in [1.807, 2.05) is 12.1 Å². The number of anilines is 1. The molecule has 5 heteroatoms. The summed E-state index contributed by atoms with van der Waals surface area (Å²) in [6.45, 7) is 0. The van der Waals surface area contributed by atoms with Crippen LogP contribution in [0.2, 0.25) is 0 Å². The Kier molecular flexibility index (Phi) is 2.94. The van der Waals surface area contributed by atoms with Gasteiger partial charge in [0.2, 0.25) is 5.91 Å². The van der Waals surface area contributed by atoms with Crippen molar-refractivity contribution in [3.8, 4) is 0 Å². The van der Waals surface area contributed by atoms with Gasteiger partial charge in [0.25, 0.3) is 0 Å². The lowest BCUT2D eigenvalue weighted by molar-refractivity contribution is -0.113. The average Bonchev–Trinajstić information content (AvgIpc) is 2.04. The predicted molar refractivity (Wildman–Crippen MR) is 50.8 cm³/mol. The van der Waals surface area contributed by atoms with Gasteiger partial charge in [0.05, 0.1) is 11.4 Å². The molecular weight excluding hydrogens is 196 g/mol. The van der Waals surface area contributed by atoms with Crippen molar-refractivity contribution in [3.63, 3.8) is 0 Å². The van der Waals surface area contributed by atoms with E-state index in [0.29, 0.717) is 5.75 Å². The summed E-state index contributed by atoms with van der Waals surface area (Å²) in [5.41, 5.74) is 0.828. The molecule has 12 heavy (non-hydrogen) atoms. The molecule has 2 heterocycles. The van der Waals surface area contributed by atoms with Gasteiger partial charge in [-0.05, 0) is 12.1 Å². The number of carbonyl (C=O) groups is 1. The first-order valence-corrected chi connectivity index (χ1v) is 4.22. The van der Waals surface area contributed by atoms with E-state index in [0.717, 1.165) is 10.7 Å². The summed E-state index contributed by atoms with van der Waals surface area (Å²) in [6, 6.07) is 3.66. The highest BCUT2D eigenvalue weighted by atomic mass is 35.5. The van der Waals surface area contributed by atoms with Gasteiger partial charge >= 0.3 is 0 Å². The number of rotatable bonds is 0. The average molecular weight is 203 g/mol. The van der Waals surface area contributed by atoms with Gasteiger partial charge in [-0.1, -0.05) is 11.8 Å². The zero-order valence-electron chi connectivity index (χ0n) is 6.11. The molecule has 0 aromatic carbocycles. The van der Waals surface area contributed by atoms with Crippen LogP contribution >= 0.6 is 24.2 Å². The van der Waals surface area contributed by atoms with Gasteiger partial charge < -0.3 is 5.32 Å². The summed E-state index contributed by atoms with van der Waals surface area (Å²) < 4.78 is 0. The number of hydrogen-bond donors (Lipinski definition) is 1. The summed E-state index contributed by atoms with van der Waals surface area (Å²) in [6.07, 6.45) is 1.73. The summed E-state index contributed by atoms with van der Waals surface area (Å²) in [5, 5.41) is 3.65. The Morgan fingerprint density at radius 1 is 1.58 bits per heavy atom. The number of carbonyl (C=O) groups excluding carboxylic acids is 1. The fourth-order valence-electron chi connectivity index (χ4n) is 0.921. The molecule has 1 aromatic heterocycles. The third kappa shape index (κ3) is 1.70. The molecule has 0 saturated heterocycles. The SMILES string of the molecule is Cl.O=C1CSc2ncccc2N1. The summed E-state index contributed by atoms with van der Waals surface area (Å²) in [5.74, 6) is 0.528. The van der Waals surface area contributed by atoms with Crippen LogP contribution in [-0.4, -0.2) is 16.6 Å². The quantitative estimate of drug-likeness (QED) is 0.694. The largest absolute Gasteiger partial charge is 0.323 e. The number of aromatic nitrogens is 1. The van der Waals surface area contributed by atoms with E-state index in [2.05, 4.69) is 10.3 Å². The minimum atomic E-state index is 0. The van der Waals surface area contributed by atoms with Crippen molar-refractivity contribution < 1.29 is 4.79 Å². The molecule has 0 unspecified atom stereocenters. The molecule has 64 valence electrons. The molecule has 1 aliphatic heterocycles. The first-order valence-electron chi connectivity index (χ1n) is 3.24. The van der Waals surface area contributed by atoms with Crippen molar-refractivity contribution in [1.29, 1.82) is 0 Å². The van der Waals surface area contributed by atoms with Crippen LogP contribution in [0.3, 0.4) is 0 Å². The maximum Gasteiger partial charge on any atom is 0.234 e. The molecule has 0 fully saturated rings. The van der Waals surface area contributed by atoms with Crippen molar-refractivity contribution in [2.75, 3.05) is 11.1 Å². The maximum atomic E-state index is 10.9. The van der Waals surface area contributed by atoms with Gasteiger partial charge in [0.1, 0.15) is 5.03 Å². The van der Waals surface area contributed by atoms with Crippen LogP contribution in [-0.2, 0) is 4.79 Å². The van der Waals surface area contributed by atoms with Crippen molar-refractivity contribution in [3.05, 3.63) is 18.3 Å². The predicted octanol–water partition coefficient (Wildman–Crippen LogP) is 1.55. The first kappa shape index (κ1) is 9.35. The number of fused-ring (bicyclic) bond motifs is 1. The number of amides is 1. The highest BCUT2D eigenvalue weighted by molar-refractivity contribution is 8.00.